The van der Waals surface area contributed by atoms with Gasteiger partial charge in [-0.05, 0) is 49.6 Å². The summed E-state index contributed by atoms with van der Waals surface area (Å²) >= 11 is 0. The van der Waals surface area contributed by atoms with Crippen molar-refractivity contribution < 1.29 is 27.4 Å². The number of carbonyl (C=O) groups is 1. The average Bonchev–Trinajstić information content (AvgIpc) is 2.76. The maximum atomic E-state index is 13.1. The molecule has 3 rings (SSSR count). The van der Waals surface area contributed by atoms with E-state index in [1.807, 2.05) is 32.0 Å². The third-order valence-electron chi connectivity index (χ3n) is 5.41. The molecule has 2 aromatic rings. The van der Waals surface area contributed by atoms with Crippen molar-refractivity contribution in [3.63, 3.8) is 0 Å². The molecule has 0 radical (unpaired) electrons. The van der Waals surface area contributed by atoms with Gasteiger partial charge in [-0.3, -0.25) is 9.10 Å². The first-order chi connectivity index (χ1) is 15.2. The zero-order valence-electron chi connectivity index (χ0n) is 19.0. The summed E-state index contributed by atoms with van der Waals surface area (Å²) < 4.78 is 42.8. The predicted molar refractivity (Wildman–Crippen MR) is 123 cm³/mol. The van der Waals surface area contributed by atoms with Crippen LogP contribution >= 0.6 is 0 Å². The van der Waals surface area contributed by atoms with Gasteiger partial charge in [0.15, 0.2) is 11.5 Å². The Morgan fingerprint density at radius 1 is 1.16 bits per heavy atom. The van der Waals surface area contributed by atoms with Crippen LogP contribution in [0.2, 0.25) is 0 Å². The molecular weight excluding hydrogens is 432 g/mol. The van der Waals surface area contributed by atoms with Gasteiger partial charge in [-0.1, -0.05) is 19.1 Å². The molecule has 1 aliphatic rings. The molecule has 9 heteroatoms. The molecule has 32 heavy (non-hydrogen) atoms. The Morgan fingerprint density at radius 2 is 1.84 bits per heavy atom. The zero-order chi connectivity index (χ0) is 23.5. The van der Waals surface area contributed by atoms with E-state index in [4.69, 9.17) is 14.2 Å². The Morgan fingerprint density at radius 3 is 2.44 bits per heavy atom. The van der Waals surface area contributed by atoms with Gasteiger partial charge in [0, 0.05) is 6.07 Å². The van der Waals surface area contributed by atoms with E-state index < -0.39 is 22.0 Å². The monoisotopic (exact) mass is 462 g/mol. The summed E-state index contributed by atoms with van der Waals surface area (Å²) in [4.78, 5) is 13.1. The first-order valence-corrected chi connectivity index (χ1v) is 12.3. The highest BCUT2D eigenvalue weighted by atomic mass is 32.2. The Balaban J connectivity index is 1.85. The summed E-state index contributed by atoms with van der Waals surface area (Å²) in [7, 11) is -2.14. The Bertz CT molecular complexity index is 1090. The standard InChI is InChI=1S/C23H30N2O6S/c1-6-19(17-7-9-20(29-4)15(2)13-17)24-23(26)16(3)25(32(5,27)28)18-8-10-21-22(14-18)31-12-11-30-21/h7-10,13-14,16,19H,6,11-12H2,1-5H3,(H,24,26)/t16-,19-/m1/s1. The molecule has 0 aliphatic carbocycles. The number of nitrogens with one attached hydrogen (secondary N) is 1. The summed E-state index contributed by atoms with van der Waals surface area (Å²) in [5.74, 6) is 1.37. The molecule has 0 saturated carbocycles. The summed E-state index contributed by atoms with van der Waals surface area (Å²) in [6.45, 7) is 6.28. The summed E-state index contributed by atoms with van der Waals surface area (Å²) in [5, 5.41) is 2.99. The minimum atomic E-state index is -3.75. The van der Waals surface area contributed by atoms with Crippen molar-refractivity contribution in [2.24, 2.45) is 0 Å². The minimum Gasteiger partial charge on any atom is -0.496 e. The van der Waals surface area contributed by atoms with Gasteiger partial charge in [0.05, 0.1) is 25.1 Å². The van der Waals surface area contributed by atoms with E-state index in [0.29, 0.717) is 36.8 Å². The maximum Gasteiger partial charge on any atom is 0.244 e. The topological polar surface area (TPSA) is 94.2 Å². The van der Waals surface area contributed by atoms with Crippen molar-refractivity contribution in [2.75, 3.05) is 30.9 Å². The van der Waals surface area contributed by atoms with E-state index in [1.165, 1.54) is 0 Å². The van der Waals surface area contributed by atoms with Gasteiger partial charge in [-0.25, -0.2) is 8.42 Å². The number of nitrogens with zero attached hydrogens (tertiary/aromatic N) is 1. The maximum absolute atomic E-state index is 13.1. The number of fused-ring (bicyclic) bond motifs is 1. The number of hydrogen-bond donors (Lipinski definition) is 1. The van der Waals surface area contributed by atoms with Gasteiger partial charge in [0.25, 0.3) is 0 Å². The van der Waals surface area contributed by atoms with Gasteiger partial charge in [-0.2, -0.15) is 0 Å². The number of ether oxygens (including phenoxy) is 3. The van der Waals surface area contributed by atoms with Crippen LogP contribution in [0.1, 0.15) is 37.4 Å². The van der Waals surface area contributed by atoms with E-state index in [0.717, 1.165) is 27.4 Å². The molecule has 2 atom stereocenters. The second-order valence-electron chi connectivity index (χ2n) is 7.76. The van der Waals surface area contributed by atoms with Gasteiger partial charge >= 0.3 is 0 Å². The second-order valence-corrected chi connectivity index (χ2v) is 9.62. The van der Waals surface area contributed by atoms with Crippen molar-refractivity contribution in [1.29, 1.82) is 0 Å². The van der Waals surface area contributed by atoms with E-state index in [1.54, 1.807) is 32.2 Å². The summed E-state index contributed by atoms with van der Waals surface area (Å²) in [6, 6.07) is 9.35. The lowest BCUT2D eigenvalue weighted by molar-refractivity contribution is -0.122. The highest BCUT2D eigenvalue weighted by Crippen LogP contribution is 2.35. The van der Waals surface area contributed by atoms with Crippen LogP contribution in [0, 0.1) is 6.92 Å². The lowest BCUT2D eigenvalue weighted by atomic mass is 10.0. The van der Waals surface area contributed by atoms with Crippen LogP contribution < -0.4 is 23.8 Å². The van der Waals surface area contributed by atoms with Crippen molar-refractivity contribution in [2.45, 2.75) is 39.3 Å². The molecule has 1 heterocycles. The van der Waals surface area contributed by atoms with Gasteiger partial charge in [0.2, 0.25) is 15.9 Å². The van der Waals surface area contributed by atoms with Crippen LogP contribution in [0.3, 0.4) is 0 Å². The number of aryl methyl sites for hydroxylation is 1. The minimum absolute atomic E-state index is 0.267. The summed E-state index contributed by atoms with van der Waals surface area (Å²) in [5.41, 5.74) is 2.23. The summed E-state index contributed by atoms with van der Waals surface area (Å²) in [6.07, 6.45) is 1.73. The number of anilines is 1. The Kier molecular flexibility index (Phi) is 7.18. The highest BCUT2D eigenvalue weighted by Gasteiger charge is 2.31. The predicted octanol–water partition coefficient (Wildman–Crippen LogP) is 3.20. The quantitative estimate of drug-likeness (QED) is 0.648. The SMILES string of the molecule is CC[C@@H](NC(=O)[C@@H](C)N(c1ccc2c(c1)OCCO2)S(C)(=O)=O)c1ccc(OC)c(C)c1. The number of hydrogen-bond acceptors (Lipinski definition) is 6. The number of methoxy groups -OCH3 is 1. The number of benzene rings is 2. The molecule has 1 N–H and O–H groups in total. The lowest BCUT2D eigenvalue weighted by Crippen LogP contribution is -2.48. The fraction of sp³-hybridized carbons (Fsp3) is 0.435. The molecule has 0 saturated heterocycles. The highest BCUT2D eigenvalue weighted by molar-refractivity contribution is 7.92. The van der Waals surface area contributed by atoms with Crippen LogP contribution in [0.25, 0.3) is 0 Å². The van der Waals surface area contributed by atoms with Crippen LogP contribution in [0.15, 0.2) is 36.4 Å². The molecule has 174 valence electrons. The number of rotatable bonds is 8. The van der Waals surface area contributed by atoms with Crippen LogP contribution in [0.4, 0.5) is 5.69 Å². The van der Waals surface area contributed by atoms with Crippen molar-refractivity contribution >= 4 is 21.6 Å². The molecule has 0 aromatic heterocycles. The average molecular weight is 463 g/mol. The molecule has 2 aromatic carbocycles. The van der Waals surface area contributed by atoms with E-state index in [2.05, 4.69) is 5.32 Å². The first-order valence-electron chi connectivity index (χ1n) is 10.5. The molecule has 0 spiro atoms. The van der Waals surface area contributed by atoms with Crippen molar-refractivity contribution in [1.82, 2.24) is 5.32 Å². The van der Waals surface area contributed by atoms with Crippen LogP contribution in [-0.4, -0.2) is 46.9 Å². The van der Waals surface area contributed by atoms with Gasteiger partial charge < -0.3 is 19.5 Å². The Hall–Kier alpha value is -2.94. The van der Waals surface area contributed by atoms with Gasteiger partial charge in [-0.15, -0.1) is 0 Å². The molecule has 0 unspecified atom stereocenters. The molecular formula is C23H30N2O6S. The third-order valence-corrected chi connectivity index (χ3v) is 6.66. The smallest absolute Gasteiger partial charge is 0.244 e. The molecule has 0 bridgehead atoms. The van der Waals surface area contributed by atoms with Crippen molar-refractivity contribution in [3.05, 3.63) is 47.5 Å². The van der Waals surface area contributed by atoms with Crippen LogP contribution in [-0.2, 0) is 14.8 Å². The fourth-order valence-corrected chi connectivity index (χ4v) is 4.98. The van der Waals surface area contributed by atoms with Gasteiger partial charge in [0.1, 0.15) is 25.0 Å². The van der Waals surface area contributed by atoms with E-state index >= 15 is 0 Å². The van der Waals surface area contributed by atoms with E-state index in [-0.39, 0.29) is 6.04 Å². The largest absolute Gasteiger partial charge is 0.496 e. The normalized spacial score (nSPS) is 14.9. The second kappa shape index (κ2) is 9.68. The molecule has 8 nitrogen and oxygen atoms in total. The molecule has 1 aliphatic heterocycles. The molecule has 0 fully saturated rings. The van der Waals surface area contributed by atoms with E-state index in [9.17, 15) is 13.2 Å². The number of carbonyl (C=O) groups excluding carboxylic acids is 1. The zero-order valence-corrected chi connectivity index (χ0v) is 19.9. The number of amides is 1. The Labute approximate surface area is 189 Å². The third kappa shape index (κ3) is 5.09. The fourth-order valence-electron chi connectivity index (χ4n) is 3.81. The van der Waals surface area contributed by atoms with Crippen LogP contribution in [0.5, 0.6) is 17.2 Å². The number of sulfonamides is 1. The molecule has 1 amide bonds. The lowest BCUT2D eigenvalue weighted by Gasteiger charge is -2.30. The first kappa shape index (κ1) is 23.7. The van der Waals surface area contributed by atoms with Crippen molar-refractivity contribution in [3.8, 4) is 17.2 Å².